The molecule has 17 heteroatoms. The Morgan fingerprint density at radius 1 is 0.952 bits per heavy atom. The molecule has 4 heterocycles. The first-order valence-corrected chi connectivity index (χ1v) is 23.4. The fraction of sp³-hybridized carbons (Fsp3) is 0.511. The number of allylic oxidation sites excluding steroid dienone is 1. The van der Waals surface area contributed by atoms with Gasteiger partial charge in [-0.25, -0.2) is 18.2 Å². The van der Waals surface area contributed by atoms with Crippen LogP contribution >= 0.6 is 0 Å². The average molecular weight is 868 g/mol. The highest BCUT2D eigenvalue weighted by molar-refractivity contribution is 7.91. The van der Waals surface area contributed by atoms with Gasteiger partial charge < -0.3 is 29.7 Å². The lowest BCUT2D eigenvalue weighted by Crippen LogP contribution is -2.58. The normalized spacial score (nSPS) is 26.5. The lowest BCUT2D eigenvalue weighted by molar-refractivity contribution is -0.141. The molecule has 4 aromatic rings. The van der Waals surface area contributed by atoms with E-state index < -0.39 is 68.7 Å². The second-order valence-electron chi connectivity index (χ2n) is 17.4. The van der Waals surface area contributed by atoms with E-state index in [0.29, 0.717) is 60.6 Å². The van der Waals surface area contributed by atoms with Gasteiger partial charge in [-0.15, -0.1) is 0 Å². The molecule has 0 unspecified atom stereocenters. The molecule has 0 bridgehead atoms. The van der Waals surface area contributed by atoms with Gasteiger partial charge in [0.25, 0.3) is 5.91 Å². The van der Waals surface area contributed by atoms with Crippen LogP contribution in [0.1, 0.15) is 89.0 Å². The van der Waals surface area contributed by atoms with Gasteiger partial charge in [0.15, 0.2) is 5.65 Å². The number of carbonyl (C=O) groups excluding carboxylic acids is 4. The molecule has 1 saturated heterocycles. The molecule has 0 radical (unpaired) electrons. The van der Waals surface area contributed by atoms with Gasteiger partial charge in [0, 0.05) is 24.0 Å². The first kappa shape index (κ1) is 41.6. The number of amides is 4. The summed E-state index contributed by atoms with van der Waals surface area (Å²) in [6.45, 7) is 1.96. The Bertz CT molecular complexity index is 2530. The first-order valence-electron chi connectivity index (χ1n) is 21.8. The summed E-state index contributed by atoms with van der Waals surface area (Å²) < 4.78 is 48.0. The largest absolute Gasteiger partial charge is 0.494 e. The lowest BCUT2D eigenvalue weighted by atomic mass is 10.0. The van der Waals surface area contributed by atoms with Crippen LogP contribution in [0.3, 0.4) is 0 Å². The van der Waals surface area contributed by atoms with Gasteiger partial charge in [-0.05, 0) is 83.3 Å². The SMILES string of the molecule is COc1cccc2c1nn1c(O[C@@H]3C[C@H]4C(=O)N[C@]5(C(=O)NS(=O)(=O)C6CC6)C[C@@H]5/C=C\CCCCC[C@H](NC(=O)OC5CCCC5)C(=O)N4C3)cc(-c3ccc(C)cc3)nc21. The molecule has 4 fully saturated rings. The summed E-state index contributed by atoms with van der Waals surface area (Å²) >= 11 is 0. The van der Waals surface area contributed by atoms with Crippen LogP contribution in [0, 0.1) is 12.8 Å². The van der Waals surface area contributed by atoms with Crippen molar-refractivity contribution in [3.8, 4) is 22.9 Å². The number of rotatable bonds is 9. The highest BCUT2D eigenvalue weighted by atomic mass is 32.2. The zero-order valence-electron chi connectivity index (χ0n) is 35.0. The standard InChI is InChI=1S/C45H53N7O9S/c1-27-17-19-28(20-18-27)35-24-38(52-40(46-35)33-14-10-16-37(59-2)39(33)49-52)60-31-23-36-41(53)48-45(43(55)50-62(57,58)32-21-22-32)25-29(45)11-6-4-3-5-7-15-34(42(54)51(36)26-31)47-44(56)61-30-12-8-9-13-30/h6,10-11,14,16-20,24,29-32,34,36H,3-5,7-9,12-13,15,21-23,25-26H2,1-2H3,(H,47,56)(H,48,53)(H,50,55)/b11-6-/t29-,31+,34-,36-,45+/m0/s1. The Morgan fingerprint density at radius 3 is 2.48 bits per heavy atom. The van der Waals surface area contributed by atoms with Crippen LogP contribution in [0.25, 0.3) is 27.8 Å². The van der Waals surface area contributed by atoms with Crippen molar-refractivity contribution in [3.05, 3.63) is 66.2 Å². The van der Waals surface area contributed by atoms with Crippen LogP contribution in [0.4, 0.5) is 4.79 Å². The molecule has 16 nitrogen and oxygen atoms in total. The van der Waals surface area contributed by atoms with Gasteiger partial charge in [-0.3, -0.25) is 19.1 Å². The smallest absolute Gasteiger partial charge is 0.408 e. The Balaban J connectivity index is 1.07. The zero-order chi connectivity index (χ0) is 43.2. The monoisotopic (exact) mass is 867 g/mol. The second kappa shape index (κ2) is 16.9. The number of aromatic nitrogens is 3. The Labute approximate surface area is 360 Å². The minimum Gasteiger partial charge on any atom is -0.494 e. The fourth-order valence-electron chi connectivity index (χ4n) is 9.13. The molecule has 3 saturated carbocycles. The van der Waals surface area contributed by atoms with Crippen LogP contribution < -0.4 is 24.8 Å². The molecule has 0 spiro atoms. The molecule has 5 aliphatic rings. The van der Waals surface area contributed by atoms with Crippen molar-refractivity contribution < 1.29 is 41.8 Å². The molecule has 2 aliphatic heterocycles. The number of hydrogen-bond donors (Lipinski definition) is 3. The number of ether oxygens (including phenoxy) is 3. The molecule has 328 valence electrons. The van der Waals surface area contributed by atoms with Crippen molar-refractivity contribution in [2.75, 3.05) is 13.7 Å². The van der Waals surface area contributed by atoms with Crippen molar-refractivity contribution in [1.29, 1.82) is 0 Å². The molecule has 2 aromatic carbocycles. The number of carbonyl (C=O) groups is 4. The van der Waals surface area contributed by atoms with Gasteiger partial charge in [0.05, 0.1) is 30.0 Å². The summed E-state index contributed by atoms with van der Waals surface area (Å²) in [5, 5.41) is 10.7. The van der Waals surface area contributed by atoms with Crippen molar-refractivity contribution in [2.24, 2.45) is 5.92 Å². The van der Waals surface area contributed by atoms with Gasteiger partial charge >= 0.3 is 6.09 Å². The molecular formula is C45H53N7O9S. The predicted octanol–water partition coefficient (Wildman–Crippen LogP) is 5.26. The van der Waals surface area contributed by atoms with Crippen LogP contribution in [0.2, 0.25) is 0 Å². The van der Waals surface area contributed by atoms with E-state index in [1.807, 2.05) is 61.5 Å². The molecular weight excluding hydrogens is 815 g/mol. The molecule has 9 rings (SSSR count). The zero-order valence-corrected chi connectivity index (χ0v) is 35.8. The first-order chi connectivity index (χ1) is 29.9. The van der Waals surface area contributed by atoms with E-state index >= 15 is 0 Å². The highest BCUT2D eigenvalue weighted by Crippen LogP contribution is 2.46. The Morgan fingerprint density at radius 2 is 1.73 bits per heavy atom. The third-order valence-corrected chi connectivity index (χ3v) is 14.7. The van der Waals surface area contributed by atoms with Gasteiger partial charge in [-0.1, -0.05) is 60.9 Å². The number of hydrogen-bond acceptors (Lipinski definition) is 11. The predicted molar refractivity (Wildman–Crippen MR) is 229 cm³/mol. The van der Waals surface area contributed by atoms with E-state index in [1.165, 1.54) is 4.90 Å². The van der Waals surface area contributed by atoms with Crippen LogP contribution in [-0.2, 0) is 29.1 Å². The minimum absolute atomic E-state index is 0.0170. The van der Waals surface area contributed by atoms with Crippen molar-refractivity contribution in [2.45, 2.75) is 125 Å². The van der Waals surface area contributed by atoms with E-state index in [-0.39, 0.29) is 25.5 Å². The van der Waals surface area contributed by atoms with Crippen molar-refractivity contribution in [3.63, 3.8) is 0 Å². The van der Waals surface area contributed by atoms with Crippen LogP contribution in [0.5, 0.6) is 11.6 Å². The highest BCUT2D eigenvalue weighted by Gasteiger charge is 2.62. The third kappa shape index (κ3) is 8.42. The average Bonchev–Trinajstić information content (AvgIpc) is 4.06. The number of benzene rings is 2. The number of sulfonamides is 1. The topological polar surface area (TPSA) is 200 Å². The second-order valence-corrected chi connectivity index (χ2v) is 19.4. The summed E-state index contributed by atoms with van der Waals surface area (Å²) in [5.74, 6) is -1.49. The number of fused-ring (bicyclic) bond motifs is 5. The Kier molecular flexibility index (Phi) is 11.3. The Hall–Kier alpha value is -5.71. The van der Waals surface area contributed by atoms with Crippen LogP contribution in [-0.4, -0.2) is 100 Å². The fourth-order valence-corrected chi connectivity index (χ4v) is 10.5. The molecule has 3 N–H and O–H groups in total. The number of methoxy groups -OCH3 is 1. The van der Waals surface area contributed by atoms with Crippen molar-refractivity contribution in [1.82, 2.24) is 34.9 Å². The molecule has 2 aromatic heterocycles. The minimum atomic E-state index is -3.92. The van der Waals surface area contributed by atoms with Gasteiger partial charge in [-0.2, -0.15) is 9.61 Å². The number of alkyl carbamates (subject to hydrolysis) is 1. The molecule has 3 aliphatic carbocycles. The quantitative estimate of drug-likeness (QED) is 0.186. The lowest BCUT2D eigenvalue weighted by Gasteiger charge is -2.30. The van der Waals surface area contributed by atoms with E-state index in [9.17, 15) is 27.6 Å². The van der Waals surface area contributed by atoms with E-state index in [1.54, 1.807) is 17.7 Å². The summed E-state index contributed by atoms with van der Waals surface area (Å²) in [6, 6.07) is 13.1. The van der Waals surface area contributed by atoms with Gasteiger partial charge in [0.2, 0.25) is 27.7 Å². The third-order valence-electron chi connectivity index (χ3n) is 12.9. The number of aryl methyl sites for hydroxylation is 1. The number of nitrogens with zero attached hydrogens (tertiary/aromatic N) is 4. The van der Waals surface area contributed by atoms with E-state index in [2.05, 4.69) is 15.4 Å². The maximum absolute atomic E-state index is 14.8. The summed E-state index contributed by atoms with van der Waals surface area (Å²) in [5.41, 5.74) is 2.10. The van der Waals surface area contributed by atoms with Gasteiger partial charge in [0.1, 0.15) is 41.1 Å². The number of nitrogens with one attached hydrogen (secondary N) is 3. The molecule has 5 atom stereocenters. The summed E-state index contributed by atoms with van der Waals surface area (Å²) in [7, 11) is -2.35. The van der Waals surface area contributed by atoms with E-state index in [0.717, 1.165) is 55.0 Å². The van der Waals surface area contributed by atoms with Crippen molar-refractivity contribution >= 4 is 50.4 Å². The molecule has 62 heavy (non-hydrogen) atoms. The van der Waals surface area contributed by atoms with E-state index in [4.69, 9.17) is 24.3 Å². The molecule has 4 amide bonds. The van der Waals surface area contributed by atoms with Crippen LogP contribution in [0.15, 0.2) is 60.7 Å². The summed E-state index contributed by atoms with van der Waals surface area (Å²) in [4.78, 5) is 63.2. The maximum Gasteiger partial charge on any atom is 0.408 e. The summed E-state index contributed by atoms with van der Waals surface area (Å²) in [6.07, 6.45) is 9.96. The maximum atomic E-state index is 14.8.